The molecular formula is C24H22F4N4O2. The molecule has 2 heterocycles. The van der Waals surface area contributed by atoms with Crippen LogP contribution >= 0.6 is 0 Å². The van der Waals surface area contributed by atoms with Gasteiger partial charge in [0.25, 0.3) is 5.92 Å². The van der Waals surface area contributed by atoms with Crippen molar-refractivity contribution in [2.24, 2.45) is 0 Å². The van der Waals surface area contributed by atoms with Crippen LogP contribution in [0.4, 0.5) is 23.5 Å². The van der Waals surface area contributed by atoms with Crippen LogP contribution in [0, 0.1) is 18.6 Å². The maximum atomic E-state index is 15.3. The van der Waals surface area contributed by atoms with E-state index in [0.29, 0.717) is 16.8 Å². The third-order valence-electron chi connectivity index (χ3n) is 5.74. The molecule has 10 heteroatoms. The van der Waals surface area contributed by atoms with Crippen LogP contribution < -0.4 is 10.5 Å². The second kappa shape index (κ2) is 8.60. The molecule has 0 saturated carbocycles. The minimum absolute atomic E-state index is 0.0722. The second-order valence-electron chi connectivity index (χ2n) is 8.14. The van der Waals surface area contributed by atoms with E-state index >= 15 is 4.39 Å². The van der Waals surface area contributed by atoms with Gasteiger partial charge in [0.05, 0.1) is 6.61 Å². The number of aromatic nitrogens is 3. The minimum atomic E-state index is -3.63. The van der Waals surface area contributed by atoms with Gasteiger partial charge < -0.3 is 15.6 Å². The van der Waals surface area contributed by atoms with Gasteiger partial charge in [-0.25, -0.2) is 22.1 Å². The van der Waals surface area contributed by atoms with Gasteiger partial charge in [0.15, 0.2) is 22.8 Å². The third-order valence-corrected chi connectivity index (χ3v) is 5.74. The van der Waals surface area contributed by atoms with E-state index in [2.05, 4.69) is 10.1 Å². The van der Waals surface area contributed by atoms with Crippen molar-refractivity contribution >= 4 is 11.6 Å². The lowest BCUT2D eigenvalue weighted by molar-refractivity contribution is -0.184. The van der Waals surface area contributed by atoms with Crippen molar-refractivity contribution in [1.29, 1.82) is 0 Å². The number of ether oxygens (including phenoxy) is 1. The lowest BCUT2D eigenvalue weighted by atomic mass is 9.87. The summed E-state index contributed by atoms with van der Waals surface area (Å²) in [5.74, 6) is -5.06. The van der Waals surface area contributed by atoms with Crippen LogP contribution in [0.25, 0.3) is 16.8 Å². The Kier molecular flexibility index (Phi) is 5.94. The molecule has 1 unspecified atom stereocenters. The number of aliphatic hydroxyl groups is 1. The van der Waals surface area contributed by atoms with E-state index in [4.69, 9.17) is 10.5 Å². The molecule has 2 aromatic heterocycles. The number of nitrogens with two attached hydrogens (primary N) is 1. The molecule has 0 aliphatic heterocycles. The Morgan fingerprint density at radius 3 is 2.50 bits per heavy atom. The molecule has 178 valence electrons. The third kappa shape index (κ3) is 4.28. The topological polar surface area (TPSA) is 85.7 Å². The number of fused-ring (bicyclic) bond motifs is 1. The fraction of sp³-hybridized carbons (Fsp3) is 0.250. The lowest BCUT2D eigenvalue weighted by Crippen LogP contribution is -2.43. The van der Waals surface area contributed by atoms with Crippen LogP contribution in [0.5, 0.6) is 5.75 Å². The lowest BCUT2D eigenvalue weighted by Gasteiger charge is -2.33. The van der Waals surface area contributed by atoms with E-state index in [0.717, 1.165) is 31.2 Å². The SMILES string of the molecule is Cc1ccc(-c2ccn3nc(N)nc3c2)c(F)c1OCCC(F)(F)C(C)(O)c1ccc(F)cc1. The molecule has 34 heavy (non-hydrogen) atoms. The second-order valence-corrected chi connectivity index (χ2v) is 8.14. The molecule has 0 aliphatic carbocycles. The number of pyridine rings is 1. The number of hydrogen-bond donors (Lipinski definition) is 2. The molecule has 0 spiro atoms. The molecule has 0 bridgehead atoms. The van der Waals surface area contributed by atoms with Crippen molar-refractivity contribution in [1.82, 2.24) is 14.6 Å². The van der Waals surface area contributed by atoms with Gasteiger partial charge in [-0.1, -0.05) is 24.3 Å². The Morgan fingerprint density at radius 2 is 1.79 bits per heavy atom. The monoisotopic (exact) mass is 474 g/mol. The fourth-order valence-corrected chi connectivity index (χ4v) is 3.63. The van der Waals surface area contributed by atoms with Crippen LogP contribution in [-0.4, -0.2) is 32.2 Å². The predicted octanol–water partition coefficient (Wildman–Crippen LogP) is 4.88. The standard InChI is InChI=1S/C24H22F4N4O2/c1-14-3-8-18(15-9-11-32-19(13-15)30-22(29)31-32)20(26)21(14)34-12-10-24(27,28)23(2,33)16-4-6-17(25)7-5-16/h3-9,11,13,33H,10,12H2,1-2H3,(H2,29,31). The van der Waals surface area contributed by atoms with Crippen molar-refractivity contribution in [3.63, 3.8) is 0 Å². The predicted molar refractivity (Wildman–Crippen MR) is 119 cm³/mol. The number of rotatable bonds is 7. The molecular weight excluding hydrogens is 452 g/mol. The average molecular weight is 474 g/mol. The number of halogens is 4. The summed E-state index contributed by atoms with van der Waals surface area (Å²) in [4.78, 5) is 4.05. The van der Waals surface area contributed by atoms with E-state index in [1.807, 2.05) is 0 Å². The Morgan fingerprint density at radius 1 is 1.09 bits per heavy atom. The highest BCUT2D eigenvalue weighted by Crippen LogP contribution is 2.40. The highest BCUT2D eigenvalue weighted by Gasteiger charge is 2.50. The fourth-order valence-electron chi connectivity index (χ4n) is 3.63. The molecule has 2 aromatic carbocycles. The first-order chi connectivity index (χ1) is 16.0. The maximum absolute atomic E-state index is 15.3. The van der Waals surface area contributed by atoms with Gasteiger partial charge in [0.1, 0.15) is 5.82 Å². The normalized spacial score (nSPS) is 13.7. The highest BCUT2D eigenvalue weighted by atomic mass is 19.3. The molecule has 0 radical (unpaired) electrons. The van der Waals surface area contributed by atoms with Gasteiger partial charge in [-0.15, -0.1) is 5.10 Å². The van der Waals surface area contributed by atoms with E-state index < -0.39 is 36.2 Å². The van der Waals surface area contributed by atoms with Crippen LogP contribution in [0.1, 0.15) is 24.5 Å². The van der Waals surface area contributed by atoms with Gasteiger partial charge in [-0.2, -0.15) is 4.98 Å². The summed E-state index contributed by atoms with van der Waals surface area (Å²) in [6.45, 7) is 1.98. The summed E-state index contributed by atoms with van der Waals surface area (Å²) < 4.78 is 65.0. The molecule has 1 atom stereocenters. The van der Waals surface area contributed by atoms with E-state index in [-0.39, 0.29) is 22.8 Å². The van der Waals surface area contributed by atoms with Gasteiger partial charge in [0.2, 0.25) is 5.95 Å². The number of aryl methyl sites for hydroxylation is 1. The Labute approximate surface area is 192 Å². The van der Waals surface area contributed by atoms with Crippen LogP contribution in [0.15, 0.2) is 54.7 Å². The summed E-state index contributed by atoms with van der Waals surface area (Å²) in [5.41, 5.74) is 4.37. The summed E-state index contributed by atoms with van der Waals surface area (Å²) in [6.07, 6.45) is 0.678. The number of nitrogen functional groups attached to an aromatic ring is 1. The van der Waals surface area contributed by atoms with Crippen molar-refractivity contribution in [3.05, 3.63) is 77.5 Å². The molecule has 4 aromatic rings. The van der Waals surface area contributed by atoms with Crippen LogP contribution in [0.3, 0.4) is 0 Å². The zero-order chi connectivity index (χ0) is 24.7. The molecule has 0 aliphatic rings. The van der Waals surface area contributed by atoms with Crippen molar-refractivity contribution in [2.75, 3.05) is 12.3 Å². The number of alkyl halides is 2. The molecule has 0 fully saturated rings. The molecule has 0 saturated heterocycles. The number of nitrogens with zero attached hydrogens (tertiary/aromatic N) is 3. The number of anilines is 1. The molecule has 3 N–H and O–H groups in total. The Balaban J connectivity index is 1.54. The zero-order valence-electron chi connectivity index (χ0n) is 18.4. The summed E-state index contributed by atoms with van der Waals surface area (Å²) in [7, 11) is 0. The van der Waals surface area contributed by atoms with Crippen molar-refractivity contribution in [2.45, 2.75) is 31.8 Å². The molecule has 0 amide bonds. The smallest absolute Gasteiger partial charge is 0.283 e. The first-order valence-electron chi connectivity index (χ1n) is 10.4. The first kappa shape index (κ1) is 23.5. The highest BCUT2D eigenvalue weighted by molar-refractivity contribution is 5.70. The van der Waals surface area contributed by atoms with Crippen molar-refractivity contribution in [3.8, 4) is 16.9 Å². The van der Waals surface area contributed by atoms with E-state index in [9.17, 15) is 18.3 Å². The Hall–Kier alpha value is -3.66. The van der Waals surface area contributed by atoms with Gasteiger partial charge in [-0.05, 0) is 54.8 Å². The zero-order valence-corrected chi connectivity index (χ0v) is 18.4. The van der Waals surface area contributed by atoms with E-state index in [1.54, 1.807) is 37.4 Å². The summed E-state index contributed by atoms with van der Waals surface area (Å²) >= 11 is 0. The van der Waals surface area contributed by atoms with Gasteiger partial charge in [-0.3, -0.25) is 0 Å². The van der Waals surface area contributed by atoms with Crippen molar-refractivity contribution < 1.29 is 27.4 Å². The van der Waals surface area contributed by atoms with E-state index in [1.165, 1.54) is 4.52 Å². The molecule has 4 rings (SSSR count). The van der Waals surface area contributed by atoms with Gasteiger partial charge >= 0.3 is 0 Å². The minimum Gasteiger partial charge on any atom is -0.490 e. The Bertz CT molecular complexity index is 1340. The van der Waals surface area contributed by atoms with Crippen LogP contribution in [0.2, 0.25) is 0 Å². The first-order valence-corrected chi connectivity index (χ1v) is 10.4. The number of benzene rings is 2. The molecule has 6 nitrogen and oxygen atoms in total. The summed E-state index contributed by atoms with van der Waals surface area (Å²) in [6, 6.07) is 10.5. The summed E-state index contributed by atoms with van der Waals surface area (Å²) in [5, 5.41) is 14.4. The largest absolute Gasteiger partial charge is 0.490 e. The number of hydrogen-bond acceptors (Lipinski definition) is 5. The maximum Gasteiger partial charge on any atom is 0.283 e. The van der Waals surface area contributed by atoms with Gasteiger partial charge in [0, 0.05) is 18.2 Å². The average Bonchev–Trinajstić information content (AvgIpc) is 3.15. The van der Waals surface area contributed by atoms with Crippen LogP contribution in [-0.2, 0) is 5.60 Å². The quantitative estimate of drug-likeness (QED) is 0.373.